The van der Waals surface area contributed by atoms with Crippen molar-refractivity contribution in [2.24, 2.45) is 0 Å². The SMILES string of the molecule is COCC(=O)Nc1cc(N2C(=S)N[C@H](c3ccccn3)[C@H]2c2cccn2C[C@@H]2CCCO2)ccc1OC. The minimum Gasteiger partial charge on any atom is -0.495 e. The molecule has 2 saturated heterocycles. The molecule has 1 amide bonds. The summed E-state index contributed by atoms with van der Waals surface area (Å²) < 4.78 is 18.7. The predicted molar refractivity (Wildman–Crippen MR) is 145 cm³/mol. The first-order valence-corrected chi connectivity index (χ1v) is 12.7. The second-order valence-corrected chi connectivity index (χ2v) is 9.47. The maximum Gasteiger partial charge on any atom is 0.250 e. The molecule has 1 aromatic carbocycles. The molecular weight excluding hydrogens is 490 g/mol. The number of carbonyl (C=O) groups is 1. The summed E-state index contributed by atoms with van der Waals surface area (Å²) in [6, 6.07) is 15.4. The molecule has 0 aliphatic carbocycles. The monoisotopic (exact) mass is 521 g/mol. The highest BCUT2D eigenvalue weighted by Gasteiger charge is 2.42. The van der Waals surface area contributed by atoms with Gasteiger partial charge >= 0.3 is 0 Å². The molecule has 0 radical (unpaired) electrons. The van der Waals surface area contributed by atoms with E-state index in [1.807, 2.05) is 36.4 Å². The minimum absolute atomic E-state index is 0.0573. The molecular formula is C27H31N5O4S. The van der Waals surface area contributed by atoms with Crippen molar-refractivity contribution in [3.8, 4) is 5.75 Å². The van der Waals surface area contributed by atoms with Gasteiger partial charge in [0.15, 0.2) is 5.11 Å². The van der Waals surface area contributed by atoms with Crippen LogP contribution in [0.1, 0.15) is 36.3 Å². The lowest BCUT2D eigenvalue weighted by molar-refractivity contribution is -0.119. The molecule has 2 aliphatic heterocycles. The Bertz CT molecular complexity index is 1240. The lowest BCUT2D eigenvalue weighted by Gasteiger charge is -2.30. The van der Waals surface area contributed by atoms with Crippen LogP contribution < -0.4 is 20.3 Å². The zero-order chi connectivity index (χ0) is 25.8. The normalized spacial score (nSPS) is 21.2. The van der Waals surface area contributed by atoms with Gasteiger partial charge in [0.2, 0.25) is 5.91 Å². The van der Waals surface area contributed by atoms with Crippen molar-refractivity contribution < 1.29 is 19.0 Å². The summed E-state index contributed by atoms with van der Waals surface area (Å²) in [5.41, 5.74) is 3.35. The standard InChI is InChI=1S/C27H31N5O4S/c1-34-17-24(33)29-21-15-18(10-11-23(21)35-2)32-26(25(30-27(32)37)20-8-3-4-12-28-20)22-9-5-13-31(22)16-19-7-6-14-36-19/h3-5,8-13,15,19,25-26H,6-7,14,16-17H2,1-2H3,(H,29,33)(H,30,37)/t19-,25+,26+/m0/s1. The van der Waals surface area contributed by atoms with Gasteiger partial charge in [-0.15, -0.1) is 0 Å². The Kier molecular flexibility index (Phi) is 7.68. The van der Waals surface area contributed by atoms with Crippen LogP contribution in [0.15, 0.2) is 60.9 Å². The van der Waals surface area contributed by atoms with Crippen molar-refractivity contribution >= 4 is 34.6 Å². The fourth-order valence-corrected chi connectivity index (χ4v) is 5.41. The van der Waals surface area contributed by atoms with E-state index in [9.17, 15) is 4.79 Å². The van der Waals surface area contributed by atoms with Crippen molar-refractivity contribution in [2.45, 2.75) is 37.6 Å². The first kappa shape index (κ1) is 25.2. The van der Waals surface area contributed by atoms with Crippen molar-refractivity contribution in [3.05, 3.63) is 72.3 Å². The Balaban J connectivity index is 1.56. The third-order valence-electron chi connectivity index (χ3n) is 6.70. The number of nitrogens with zero attached hydrogens (tertiary/aromatic N) is 3. The van der Waals surface area contributed by atoms with Crippen LogP contribution in [0.2, 0.25) is 0 Å². The van der Waals surface area contributed by atoms with Crippen LogP contribution in [0.3, 0.4) is 0 Å². The van der Waals surface area contributed by atoms with Gasteiger partial charge in [0.1, 0.15) is 18.4 Å². The van der Waals surface area contributed by atoms with Crippen LogP contribution >= 0.6 is 12.2 Å². The molecule has 2 N–H and O–H groups in total. The van der Waals surface area contributed by atoms with E-state index in [1.54, 1.807) is 13.3 Å². The number of ether oxygens (including phenoxy) is 3. The number of hydrogen-bond donors (Lipinski definition) is 2. The number of methoxy groups -OCH3 is 2. The van der Waals surface area contributed by atoms with E-state index >= 15 is 0 Å². The summed E-state index contributed by atoms with van der Waals surface area (Å²) in [4.78, 5) is 19.0. The van der Waals surface area contributed by atoms with Gasteiger partial charge in [-0.2, -0.15) is 0 Å². The first-order chi connectivity index (χ1) is 18.1. The first-order valence-electron chi connectivity index (χ1n) is 12.3. The molecule has 10 heteroatoms. The van der Waals surface area contributed by atoms with E-state index in [4.69, 9.17) is 26.4 Å². The average Bonchev–Trinajstić information content (AvgIpc) is 3.65. The highest BCUT2D eigenvalue weighted by Crippen LogP contribution is 2.43. The number of thiocarbonyl (C=S) groups is 1. The van der Waals surface area contributed by atoms with Crippen molar-refractivity contribution in [2.75, 3.05) is 37.7 Å². The summed E-state index contributed by atoms with van der Waals surface area (Å²) in [7, 11) is 3.05. The number of aromatic nitrogens is 2. The van der Waals surface area contributed by atoms with E-state index in [0.717, 1.165) is 43.1 Å². The van der Waals surface area contributed by atoms with Gasteiger partial charge in [-0.3, -0.25) is 9.78 Å². The zero-order valence-corrected chi connectivity index (χ0v) is 21.7. The number of amides is 1. The Morgan fingerprint density at radius 1 is 1.24 bits per heavy atom. The number of anilines is 2. The second kappa shape index (κ2) is 11.3. The van der Waals surface area contributed by atoms with Gasteiger partial charge in [0.05, 0.1) is 30.6 Å². The van der Waals surface area contributed by atoms with Crippen LogP contribution in [0.5, 0.6) is 5.75 Å². The Morgan fingerprint density at radius 3 is 2.86 bits per heavy atom. The lowest BCUT2D eigenvalue weighted by Crippen LogP contribution is -2.31. The molecule has 0 spiro atoms. The quantitative estimate of drug-likeness (QED) is 0.411. The molecule has 2 fully saturated rings. The number of carbonyl (C=O) groups excluding carboxylic acids is 1. The molecule has 2 aliphatic rings. The van der Waals surface area contributed by atoms with E-state index in [0.29, 0.717) is 16.5 Å². The highest BCUT2D eigenvalue weighted by atomic mass is 32.1. The number of benzene rings is 1. The smallest absolute Gasteiger partial charge is 0.250 e. The molecule has 0 bridgehead atoms. The van der Waals surface area contributed by atoms with Crippen LogP contribution in [-0.4, -0.2) is 54.1 Å². The molecule has 194 valence electrons. The van der Waals surface area contributed by atoms with Crippen LogP contribution in [0.4, 0.5) is 11.4 Å². The van der Waals surface area contributed by atoms with Gasteiger partial charge in [-0.1, -0.05) is 6.07 Å². The predicted octanol–water partition coefficient (Wildman–Crippen LogP) is 3.83. The summed E-state index contributed by atoms with van der Waals surface area (Å²) in [5.74, 6) is 0.277. The third-order valence-corrected chi connectivity index (χ3v) is 7.02. The van der Waals surface area contributed by atoms with Crippen molar-refractivity contribution in [3.63, 3.8) is 0 Å². The lowest BCUT2D eigenvalue weighted by atomic mass is 10.0. The summed E-state index contributed by atoms with van der Waals surface area (Å²) in [6.07, 6.45) is 6.22. The minimum atomic E-state index is -0.270. The maximum absolute atomic E-state index is 12.3. The molecule has 4 heterocycles. The number of nitrogens with one attached hydrogen (secondary N) is 2. The van der Waals surface area contributed by atoms with Gasteiger partial charge < -0.3 is 34.3 Å². The van der Waals surface area contributed by atoms with E-state index in [1.165, 1.54) is 7.11 Å². The van der Waals surface area contributed by atoms with Gasteiger partial charge in [0, 0.05) is 44.0 Å². The summed E-state index contributed by atoms with van der Waals surface area (Å²) in [5, 5.41) is 6.95. The van der Waals surface area contributed by atoms with Crippen LogP contribution in [0, 0.1) is 0 Å². The van der Waals surface area contributed by atoms with Crippen LogP contribution in [0.25, 0.3) is 0 Å². The van der Waals surface area contributed by atoms with Crippen LogP contribution in [-0.2, 0) is 20.8 Å². The van der Waals surface area contributed by atoms with E-state index in [2.05, 4.69) is 43.4 Å². The molecule has 2 aromatic heterocycles. The summed E-state index contributed by atoms with van der Waals surface area (Å²) >= 11 is 5.89. The maximum atomic E-state index is 12.3. The van der Waals surface area contributed by atoms with Crippen molar-refractivity contribution in [1.82, 2.24) is 14.9 Å². The molecule has 3 aromatic rings. The van der Waals surface area contributed by atoms with Gasteiger partial charge in [0.25, 0.3) is 0 Å². The van der Waals surface area contributed by atoms with Crippen molar-refractivity contribution in [1.29, 1.82) is 0 Å². The molecule has 3 atom stereocenters. The van der Waals surface area contributed by atoms with Gasteiger partial charge in [-0.05, 0) is 67.5 Å². The Hall–Kier alpha value is -3.47. The number of hydrogen-bond acceptors (Lipinski definition) is 6. The topological polar surface area (TPSA) is 89.9 Å². The molecule has 9 nitrogen and oxygen atoms in total. The number of rotatable bonds is 9. The van der Waals surface area contributed by atoms with E-state index in [-0.39, 0.29) is 30.7 Å². The third kappa shape index (κ3) is 5.31. The Labute approximate surface area is 221 Å². The fourth-order valence-electron chi connectivity index (χ4n) is 5.06. The fraction of sp³-hybridized carbons (Fsp3) is 0.370. The zero-order valence-electron chi connectivity index (χ0n) is 20.9. The Morgan fingerprint density at radius 2 is 2.14 bits per heavy atom. The number of pyridine rings is 1. The largest absolute Gasteiger partial charge is 0.495 e. The molecule has 5 rings (SSSR count). The second-order valence-electron chi connectivity index (χ2n) is 9.08. The van der Waals surface area contributed by atoms with E-state index < -0.39 is 0 Å². The average molecular weight is 522 g/mol. The molecule has 0 saturated carbocycles. The molecule has 37 heavy (non-hydrogen) atoms. The summed E-state index contributed by atoms with van der Waals surface area (Å²) in [6.45, 7) is 1.52. The highest BCUT2D eigenvalue weighted by molar-refractivity contribution is 7.80. The van der Waals surface area contributed by atoms with Gasteiger partial charge in [-0.25, -0.2) is 0 Å². The molecule has 0 unspecified atom stereocenters.